The van der Waals surface area contributed by atoms with E-state index in [1.165, 1.54) is 11.1 Å². The van der Waals surface area contributed by atoms with Gasteiger partial charge in [0.1, 0.15) is 0 Å². The second-order valence-electron chi connectivity index (χ2n) is 4.66. The fourth-order valence-electron chi connectivity index (χ4n) is 2.23. The van der Waals surface area contributed by atoms with E-state index in [9.17, 15) is 4.79 Å². The van der Waals surface area contributed by atoms with Crippen LogP contribution in [0.3, 0.4) is 0 Å². The lowest BCUT2D eigenvalue weighted by Crippen LogP contribution is -2.48. The Morgan fingerprint density at radius 2 is 2.17 bits per heavy atom. The van der Waals surface area contributed by atoms with Gasteiger partial charge < -0.3 is 10.2 Å². The van der Waals surface area contributed by atoms with Crippen LogP contribution in [-0.4, -0.2) is 42.4 Å². The molecule has 1 aromatic carbocycles. The van der Waals surface area contributed by atoms with E-state index in [-0.39, 0.29) is 11.9 Å². The summed E-state index contributed by atoms with van der Waals surface area (Å²) in [7, 11) is 1.89. The first-order valence-electron chi connectivity index (χ1n) is 6.26. The summed E-state index contributed by atoms with van der Waals surface area (Å²) >= 11 is 1.77. The molecule has 0 fully saturated rings. The Morgan fingerprint density at radius 3 is 2.89 bits per heavy atom. The lowest BCUT2D eigenvalue weighted by atomic mass is 9.95. The number of thioether (sulfide) groups is 1. The lowest BCUT2D eigenvalue weighted by Gasteiger charge is -2.29. The van der Waals surface area contributed by atoms with Crippen LogP contribution in [0.4, 0.5) is 0 Å². The average Bonchev–Trinajstić information content (AvgIpc) is 2.43. The van der Waals surface area contributed by atoms with Crippen molar-refractivity contribution in [3.8, 4) is 0 Å². The molecule has 2 rings (SSSR count). The van der Waals surface area contributed by atoms with E-state index in [2.05, 4.69) is 23.7 Å². The maximum atomic E-state index is 12.3. The number of amides is 1. The van der Waals surface area contributed by atoms with E-state index in [1.54, 1.807) is 11.8 Å². The first-order valence-corrected chi connectivity index (χ1v) is 7.66. The highest BCUT2D eigenvalue weighted by Gasteiger charge is 2.25. The zero-order valence-electron chi connectivity index (χ0n) is 11.0. The summed E-state index contributed by atoms with van der Waals surface area (Å²) in [6, 6.07) is 8.28. The molecule has 98 valence electrons. The third-order valence-electron chi connectivity index (χ3n) is 3.39. The Kier molecular flexibility index (Phi) is 4.66. The van der Waals surface area contributed by atoms with E-state index in [1.807, 2.05) is 24.1 Å². The average molecular weight is 264 g/mol. The van der Waals surface area contributed by atoms with Crippen molar-refractivity contribution in [1.82, 2.24) is 10.2 Å². The second-order valence-corrected chi connectivity index (χ2v) is 5.64. The van der Waals surface area contributed by atoms with Gasteiger partial charge in [-0.2, -0.15) is 11.8 Å². The predicted molar refractivity (Wildman–Crippen MR) is 76.8 cm³/mol. The molecular formula is C14H20N2OS. The van der Waals surface area contributed by atoms with Gasteiger partial charge in [-0.3, -0.25) is 4.79 Å². The molecule has 1 unspecified atom stereocenters. The number of carbonyl (C=O) groups excluding carboxylic acids is 1. The van der Waals surface area contributed by atoms with Crippen LogP contribution in [-0.2, 0) is 17.8 Å². The second kappa shape index (κ2) is 6.25. The number of fused-ring (bicyclic) bond motifs is 1. The van der Waals surface area contributed by atoms with Crippen molar-refractivity contribution in [1.29, 1.82) is 0 Å². The van der Waals surface area contributed by atoms with Crippen LogP contribution in [0.25, 0.3) is 0 Å². The van der Waals surface area contributed by atoms with E-state index in [4.69, 9.17) is 0 Å². The van der Waals surface area contributed by atoms with Gasteiger partial charge in [-0.1, -0.05) is 24.3 Å². The zero-order chi connectivity index (χ0) is 13.0. The molecule has 1 amide bonds. The molecule has 0 aromatic heterocycles. The van der Waals surface area contributed by atoms with Gasteiger partial charge in [0.15, 0.2) is 0 Å². The van der Waals surface area contributed by atoms with Crippen LogP contribution < -0.4 is 5.32 Å². The largest absolute Gasteiger partial charge is 0.344 e. The van der Waals surface area contributed by atoms with Crippen molar-refractivity contribution in [2.24, 2.45) is 0 Å². The molecule has 1 heterocycles. The Balaban J connectivity index is 1.98. The topological polar surface area (TPSA) is 32.3 Å². The summed E-state index contributed by atoms with van der Waals surface area (Å²) in [4.78, 5) is 14.1. The van der Waals surface area contributed by atoms with Gasteiger partial charge in [-0.25, -0.2) is 0 Å². The number of nitrogens with one attached hydrogen (secondary N) is 1. The molecule has 0 saturated heterocycles. The number of hydrogen-bond donors (Lipinski definition) is 1. The molecule has 0 aliphatic carbocycles. The Bertz CT molecular complexity index is 422. The monoisotopic (exact) mass is 264 g/mol. The minimum atomic E-state index is -0.0632. The van der Waals surface area contributed by atoms with Crippen LogP contribution >= 0.6 is 11.8 Å². The zero-order valence-corrected chi connectivity index (χ0v) is 11.8. The van der Waals surface area contributed by atoms with Crippen LogP contribution in [0.5, 0.6) is 0 Å². The summed E-state index contributed by atoms with van der Waals surface area (Å²) in [6.45, 7) is 1.61. The molecule has 0 saturated carbocycles. The highest BCUT2D eigenvalue weighted by atomic mass is 32.2. The van der Waals surface area contributed by atoms with Crippen molar-refractivity contribution in [3.63, 3.8) is 0 Å². The molecule has 1 aliphatic rings. The Labute approximate surface area is 113 Å². The van der Waals surface area contributed by atoms with Crippen LogP contribution in [0.15, 0.2) is 24.3 Å². The van der Waals surface area contributed by atoms with E-state index in [0.717, 1.165) is 25.3 Å². The van der Waals surface area contributed by atoms with Crippen LogP contribution in [0.1, 0.15) is 11.1 Å². The van der Waals surface area contributed by atoms with Gasteiger partial charge in [-0.05, 0) is 23.8 Å². The maximum absolute atomic E-state index is 12.3. The smallest absolute Gasteiger partial charge is 0.239 e. The normalized spacial score (nSPS) is 18.2. The highest BCUT2D eigenvalue weighted by molar-refractivity contribution is 7.98. The molecule has 18 heavy (non-hydrogen) atoms. The fraction of sp³-hybridized carbons (Fsp3) is 0.500. The predicted octanol–water partition coefficient (Wildman–Crippen LogP) is 1.52. The summed E-state index contributed by atoms with van der Waals surface area (Å²) in [5.74, 6) is 1.20. The standard InChI is InChI=1S/C14H20N2OS/c1-16(7-8-18-2)14(17)13-9-11-5-3-4-6-12(11)10-15-13/h3-6,13,15H,7-10H2,1-2H3. The van der Waals surface area contributed by atoms with Gasteiger partial charge in [0.05, 0.1) is 6.04 Å². The van der Waals surface area contributed by atoms with Crippen molar-refractivity contribution in [2.75, 3.05) is 25.6 Å². The van der Waals surface area contributed by atoms with Gasteiger partial charge >= 0.3 is 0 Å². The lowest BCUT2D eigenvalue weighted by molar-refractivity contribution is -0.132. The SMILES string of the molecule is CSCCN(C)C(=O)C1Cc2ccccc2CN1. The van der Waals surface area contributed by atoms with Crippen LogP contribution in [0, 0.1) is 0 Å². The molecule has 3 nitrogen and oxygen atoms in total. The molecule has 1 aliphatic heterocycles. The van der Waals surface area contributed by atoms with Crippen molar-refractivity contribution in [2.45, 2.75) is 19.0 Å². The van der Waals surface area contributed by atoms with Gasteiger partial charge in [0, 0.05) is 25.9 Å². The van der Waals surface area contributed by atoms with Crippen molar-refractivity contribution in [3.05, 3.63) is 35.4 Å². The molecule has 0 spiro atoms. The third kappa shape index (κ3) is 3.06. The quantitative estimate of drug-likeness (QED) is 0.895. The number of carbonyl (C=O) groups is 1. The van der Waals surface area contributed by atoms with Crippen molar-refractivity contribution >= 4 is 17.7 Å². The minimum Gasteiger partial charge on any atom is -0.344 e. The molecule has 1 aromatic rings. The minimum absolute atomic E-state index is 0.0632. The number of benzene rings is 1. The maximum Gasteiger partial charge on any atom is 0.239 e. The number of likely N-dealkylation sites (N-methyl/N-ethyl adjacent to an activating group) is 1. The molecule has 1 atom stereocenters. The highest BCUT2D eigenvalue weighted by Crippen LogP contribution is 2.17. The molecule has 0 bridgehead atoms. The Hall–Kier alpha value is -1.00. The number of nitrogens with zero attached hydrogens (tertiary/aromatic N) is 1. The first-order chi connectivity index (χ1) is 8.72. The summed E-state index contributed by atoms with van der Waals surface area (Å²) in [5, 5.41) is 3.33. The van der Waals surface area contributed by atoms with E-state index in [0.29, 0.717) is 0 Å². The fourth-order valence-corrected chi connectivity index (χ4v) is 2.69. The van der Waals surface area contributed by atoms with E-state index >= 15 is 0 Å². The summed E-state index contributed by atoms with van der Waals surface area (Å²) in [6.07, 6.45) is 2.87. The molecule has 4 heteroatoms. The first kappa shape index (κ1) is 13.4. The van der Waals surface area contributed by atoms with Gasteiger partial charge in [0.2, 0.25) is 5.91 Å². The third-order valence-corrected chi connectivity index (χ3v) is 3.98. The van der Waals surface area contributed by atoms with E-state index < -0.39 is 0 Å². The van der Waals surface area contributed by atoms with Gasteiger partial charge in [0.25, 0.3) is 0 Å². The Morgan fingerprint density at radius 1 is 1.44 bits per heavy atom. The molecular weight excluding hydrogens is 244 g/mol. The van der Waals surface area contributed by atoms with Gasteiger partial charge in [-0.15, -0.1) is 0 Å². The molecule has 0 radical (unpaired) electrons. The number of hydrogen-bond acceptors (Lipinski definition) is 3. The summed E-state index contributed by atoms with van der Waals surface area (Å²) < 4.78 is 0. The van der Waals surface area contributed by atoms with Crippen molar-refractivity contribution < 1.29 is 4.79 Å². The van der Waals surface area contributed by atoms with Crippen LogP contribution in [0.2, 0.25) is 0 Å². The summed E-state index contributed by atoms with van der Waals surface area (Å²) in [5.41, 5.74) is 2.61. The number of rotatable bonds is 4. The molecule has 1 N–H and O–H groups in total.